The number of carboxylic acids is 1. The molecule has 206 valence electrons. The second-order valence-electron chi connectivity index (χ2n) is 9.29. The highest BCUT2D eigenvalue weighted by molar-refractivity contribution is 6.04. The van der Waals surface area contributed by atoms with Crippen LogP contribution in [0.5, 0.6) is 0 Å². The van der Waals surface area contributed by atoms with Crippen LogP contribution in [-0.4, -0.2) is 32.2 Å². The van der Waals surface area contributed by atoms with E-state index in [2.05, 4.69) is 31.1 Å². The third-order valence-electron chi connectivity index (χ3n) is 6.12. The summed E-state index contributed by atoms with van der Waals surface area (Å²) in [6.45, 7) is 2.31. The minimum atomic E-state index is -1.01. The molecule has 11 nitrogen and oxygen atoms in total. The molecule has 0 aliphatic heterocycles. The molecule has 11 heteroatoms. The Kier molecular flexibility index (Phi) is 7.98. The highest BCUT2D eigenvalue weighted by Gasteiger charge is 2.11. The predicted octanol–water partition coefficient (Wildman–Crippen LogP) is 5.46. The van der Waals surface area contributed by atoms with Gasteiger partial charge in [0, 0.05) is 47.1 Å². The first-order valence-corrected chi connectivity index (χ1v) is 12.7. The normalized spacial score (nSPS) is 11.5. The molecule has 0 bridgehead atoms. The Bertz CT molecular complexity index is 1670. The molecule has 1 unspecified atom stereocenters. The Balaban J connectivity index is 1.15. The summed E-state index contributed by atoms with van der Waals surface area (Å²) in [7, 11) is 0. The molecule has 6 N–H and O–H groups in total. The molecule has 5 aromatic rings. The van der Waals surface area contributed by atoms with Crippen LogP contribution in [0.25, 0.3) is 11.1 Å². The second kappa shape index (κ2) is 12.1. The van der Waals surface area contributed by atoms with Crippen LogP contribution in [0.1, 0.15) is 45.1 Å². The van der Waals surface area contributed by atoms with E-state index in [1.807, 2.05) is 42.5 Å². The average Bonchev–Trinajstić information content (AvgIpc) is 3.46. The Morgan fingerprint density at radius 1 is 0.878 bits per heavy atom. The molecule has 0 aliphatic carbocycles. The fourth-order valence-corrected chi connectivity index (χ4v) is 3.94. The standard InChI is InChI=1S/C30H27N7O4/c1-18(31)28-36-37-30(41-28)35-26-4-2-3-25(14-26)34-27(38)21-7-5-19(6-8-21)15-33-24-11-9-20(10-12-24)22-13-23(29(39)40)17-32-16-22/h2-14,16-18,33H,15,31H2,1H3,(H,34,38)(H,35,37)(H,39,40). The number of nitrogens with one attached hydrogen (secondary N) is 3. The first-order valence-electron chi connectivity index (χ1n) is 12.7. The number of nitrogens with zero attached hydrogens (tertiary/aromatic N) is 3. The molecule has 5 rings (SSSR count). The van der Waals surface area contributed by atoms with Crippen LogP contribution in [-0.2, 0) is 6.54 Å². The van der Waals surface area contributed by atoms with Gasteiger partial charge in [-0.15, -0.1) is 5.10 Å². The van der Waals surface area contributed by atoms with Crippen LogP contribution in [0.3, 0.4) is 0 Å². The van der Waals surface area contributed by atoms with Gasteiger partial charge in [0.25, 0.3) is 5.91 Å². The highest BCUT2D eigenvalue weighted by atomic mass is 16.4. The van der Waals surface area contributed by atoms with E-state index in [0.717, 1.165) is 22.4 Å². The van der Waals surface area contributed by atoms with Gasteiger partial charge in [0.1, 0.15) is 0 Å². The first-order chi connectivity index (χ1) is 19.8. The van der Waals surface area contributed by atoms with Crippen LogP contribution in [0, 0.1) is 0 Å². The van der Waals surface area contributed by atoms with E-state index < -0.39 is 5.97 Å². The fourth-order valence-electron chi connectivity index (χ4n) is 3.94. The Morgan fingerprint density at radius 2 is 1.63 bits per heavy atom. The van der Waals surface area contributed by atoms with Crippen molar-refractivity contribution in [2.24, 2.45) is 5.73 Å². The number of hydrogen-bond donors (Lipinski definition) is 5. The maximum absolute atomic E-state index is 12.8. The quantitative estimate of drug-likeness (QED) is 0.151. The van der Waals surface area contributed by atoms with Gasteiger partial charge in [-0.05, 0) is 66.6 Å². The Morgan fingerprint density at radius 3 is 2.34 bits per heavy atom. The van der Waals surface area contributed by atoms with E-state index in [4.69, 9.17) is 10.2 Å². The van der Waals surface area contributed by atoms with Gasteiger partial charge < -0.3 is 31.2 Å². The zero-order valence-electron chi connectivity index (χ0n) is 22.0. The summed E-state index contributed by atoms with van der Waals surface area (Å²) in [6, 6.07) is 23.6. The van der Waals surface area contributed by atoms with Gasteiger partial charge in [-0.3, -0.25) is 9.78 Å². The molecule has 1 atom stereocenters. The molecule has 0 saturated heterocycles. The minimum absolute atomic E-state index is 0.143. The average molecular weight is 550 g/mol. The zero-order valence-corrected chi connectivity index (χ0v) is 22.0. The van der Waals surface area contributed by atoms with E-state index in [1.54, 1.807) is 49.5 Å². The largest absolute Gasteiger partial charge is 0.478 e. The summed E-state index contributed by atoms with van der Waals surface area (Å²) in [5.41, 5.74) is 11.2. The van der Waals surface area contributed by atoms with Crippen LogP contribution in [0.2, 0.25) is 0 Å². The van der Waals surface area contributed by atoms with Gasteiger partial charge in [-0.25, -0.2) is 4.79 Å². The lowest BCUT2D eigenvalue weighted by Gasteiger charge is -2.10. The topological polar surface area (TPSA) is 168 Å². The van der Waals surface area contributed by atoms with Crippen molar-refractivity contribution in [2.45, 2.75) is 19.5 Å². The molecule has 41 heavy (non-hydrogen) atoms. The van der Waals surface area contributed by atoms with Crippen molar-refractivity contribution in [3.8, 4) is 11.1 Å². The summed E-state index contributed by atoms with van der Waals surface area (Å²) >= 11 is 0. The van der Waals surface area contributed by atoms with E-state index in [9.17, 15) is 14.7 Å². The van der Waals surface area contributed by atoms with Gasteiger partial charge in [-0.1, -0.05) is 35.4 Å². The number of amides is 1. The van der Waals surface area contributed by atoms with Crippen LogP contribution in [0.4, 0.5) is 23.1 Å². The van der Waals surface area contributed by atoms with Gasteiger partial charge in [-0.2, -0.15) is 0 Å². The van der Waals surface area contributed by atoms with Crippen molar-refractivity contribution in [2.75, 3.05) is 16.0 Å². The molecule has 2 aromatic heterocycles. The summed E-state index contributed by atoms with van der Waals surface area (Å²) in [5.74, 6) is -0.927. The molecule has 0 spiro atoms. The molecule has 0 saturated carbocycles. The third-order valence-corrected chi connectivity index (χ3v) is 6.12. The molecule has 0 fully saturated rings. The summed E-state index contributed by atoms with van der Waals surface area (Å²) in [4.78, 5) is 28.0. The predicted molar refractivity (Wildman–Crippen MR) is 155 cm³/mol. The lowest BCUT2D eigenvalue weighted by molar-refractivity contribution is 0.0696. The number of carbonyl (C=O) groups excluding carboxylic acids is 1. The van der Waals surface area contributed by atoms with E-state index >= 15 is 0 Å². The van der Waals surface area contributed by atoms with Crippen molar-refractivity contribution in [1.82, 2.24) is 15.2 Å². The second-order valence-corrected chi connectivity index (χ2v) is 9.29. The van der Waals surface area contributed by atoms with E-state index in [1.165, 1.54) is 6.20 Å². The Labute approximate surface area is 235 Å². The lowest BCUT2D eigenvalue weighted by Crippen LogP contribution is -2.12. The highest BCUT2D eigenvalue weighted by Crippen LogP contribution is 2.23. The SMILES string of the molecule is CC(N)c1nnc(Nc2cccc(NC(=O)c3ccc(CNc4ccc(-c5cncc(C(=O)O)c5)cc4)cc3)c2)o1. The zero-order chi connectivity index (χ0) is 28.8. The van der Waals surface area contributed by atoms with E-state index in [0.29, 0.717) is 29.4 Å². The molecule has 1 amide bonds. The Hall–Kier alpha value is -5.55. The number of aromatic carboxylic acids is 1. The number of benzene rings is 3. The third kappa shape index (κ3) is 6.91. The van der Waals surface area contributed by atoms with Crippen molar-refractivity contribution in [3.63, 3.8) is 0 Å². The number of anilines is 4. The number of hydrogen-bond acceptors (Lipinski definition) is 9. The number of rotatable bonds is 10. The van der Waals surface area contributed by atoms with Crippen molar-refractivity contribution < 1.29 is 19.1 Å². The molecular weight excluding hydrogens is 522 g/mol. The summed E-state index contributed by atoms with van der Waals surface area (Å²) in [5, 5.41) is 26.2. The number of nitrogens with two attached hydrogens (primary N) is 1. The maximum Gasteiger partial charge on any atom is 0.337 e. The van der Waals surface area contributed by atoms with Crippen molar-refractivity contribution in [3.05, 3.63) is 114 Å². The van der Waals surface area contributed by atoms with Gasteiger partial charge in [0.15, 0.2) is 0 Å². The smallest absolute Gasteiger partial charge is 0.337 e. The number of pyridine rings is 1. The van der Waals surface area contributed by atoms with Crippen LogP contribution < -0.4 is 21.7 Å². The van der Waals surface area contributed by atoms with Crippen molar-refractivity contribution >= 4 is 35.0 Å². The number of carboxylic acid groups (broad SMARTS) is 1. The van der Waals surface area contributed by atoms with Gasteiger partial charge in [0.05, 0.1) is 11.6 Å². The van der Waals surface area contributed by atoms with Crippen molar-refractivity contribution in [1.29, 1.82) is 0 Å². The minimum Gasteiger partial charge on any atom is -0.478 e. The fraction of sp³-hybridized carbons (Fsp3) is 0.100. The van der Waals surface area contributed by atoms with Gasteiger partial charge in [0.2, 0.25) is 5.89 Å². The molecule has 3 aromatic carbocycles. The summed E-state index contributed by atoms with van der Waals surface area (Å²) in [6.07, 6.45) is 2.96. The molecule has 0 radical (unpaired) electrons. The van der Waals surface area contributed by atoms with Crippen LogP contribution in [0.15, 0.2) is 95.7 Å². The monoisotopic (exact) mass is 549 g/mol. The molecular formula is C30H27N7O4. The number of aromatic nitrogens is 3. The van der Waals surface area contributed by atoms with Crippen LogP contribution >= 0.6 is 0 Å². The lowest BCUT2D eigenvalue weighted by atomic mass is 10.1. The van der Waals surface area contributed by atoms with Gasteiger partial charge >= 0.3 is 12.0 Å². The maximum atomic E-state index is 12.8. The summed E-state index contributed by atoms with van der Waals surface area (Å²) < 4.78 is 5.46. The first kappa shape index (κ1) is 27.0. The number of carbonyl (C=O) groups is 2. The molecule has 2 heterocycles. The van der Waals surface area contributed by atoms with E-state index in [-0.39, 0.29) is 23.5 Å². The molecule has 0 aliphatic rings.